The standard InChI is InChI=1S/C30H41N3O6/c1-4-6-7-8-9-10-11-12-28(34)31-22-29(35)33-32-21-23-13-18-26(27(20-23)37-3)39-30(36)24-14-16-25(17-15-24)38-19-5-2/h13-18,20-21H,4-12,19,22H2,1-3H3,(H,31,34)(H,33,35)/b32-21+. The van der Waals surface area contributed by atoms with Gasteiger partial charge in [-0.2, -0.15) is 5.10 Å². The van der Waals surface area contributed by atoms with Gasteiger partial charge in [0.05, 0.1) is 32.0 Å². The Kier molecular flexibility index (Phi) is 14.8. The molecule has 0 atom stereocenters. The van der Waals surface area contributed by atoms with Crippen molar-refractivity contribution in [1.29, 1.82) is 0 Å². The SMILES string of the molecule is CCCCCCCCCC(=O)NCC(=O)N/N=C/c1ccc(OC(=O)c2ccc(OCCC)cc2)c(OC)c1. The van der Waals surface area contributed by atoms with Crippen LogP contribution in [0.25, 0.3) is 0 Å². The predicted octanol–water partition coefficient (Wildman–Crippen LogP) is 5.41. The predicted molar refractivity (Wildman–Crippen MR) is 152 cm³/mol. The van der Waals surface area contributed by atoms with Crippen LogP contribution < -0.4 is 25.0 Å². The molecule has 0 heterocycles. The van der Waals surface area contributed by atoms with Gasteiger partial charge in [0.15, 0.2) is 11.5 Å². The van der Waals surface area contributed by atoms with Gasteiger partial charge in [0.25, 0.3) is 5.91 Å². The molecule has 0 aliphatic carbocycles. The summed E-state index contributed by atoms with van der Waals surface area (Å²) >= 11 is 0. The van der Waals surface area contributed by atoms with E-state index in [1.807, 2.05) is 6.92 Å². The molecule has 0 fully saturated rings. The van der Waals surface area contributed by atoms with Crippen LogP contribution in [0.3, 0.4) is 0 Å². The summed E-state index contributed by atoms with van der Waals surface area (Å²) in [5.74, 6) is 0.171. The van der Waals surface area contributed by atoms with E-state index >= 15 is 0 Å². The first-order valence-corrected chi connectivity index (χ1v) is 13.7. The lowest BCUT2D eigenvalue weighted by Gasteiger charge is -2.10. The van der Waals surface area contributed by atoms with Crippen molar-refractivity contribution >= 4 is 24.0 Å². The largest absolute Gasteiger partial charge is 0.494 e. The van der Waals surface area contributed by atoms with Crippen LogP contribution in [0.5, 0.6) is 17.2 Å². The molecule has 0 aliphatic heterocycles. The molecule has 2 N–H and O–H groups in total. The van der Waals surface area contributed by atoms with Gasteiger partial charge in [0.2, 0.25) is 5.91 Å². The van der Waals surface area contributed by atoms with E-state index in [4.69, 9.17) is 14.2 Å². The summed E-state index contributed by atoms with van der Waals surface area (Å²) in [6, 6.07) is 11.6. The lowest BCUT2D eigenvalue weighted by molar-refractivity contribution is -0.126. The van der Waals surface area contributed by atoms with E-state index in [0.29, 0.717) is 35.7 Å². The lowest BCUT2D eigenvalue weighted by Crippen LogP contribution is -2.34. The maximum atomic E-state index is 12.5. The quantitative estimate of drug-likeness (QED) is 0.0861. The highest BCUT2D eigenvalue weighted by Gasteiger charge is 2.13. The van der Waals surface area contributed by atoms with Crippen LogP contribution in [0.15, 0.2) is 47.6 Å². The van der Waals surface area contributed by atoms with Crippen LogP contribution in [0.4, 0.5) is 0 Å². The minimum absolute atomic E-state index is 0.140. The average Bonchev–Trinajstić information content (AvgIpc) is 2.95. The molecule has 9 nitrogen and oxygen atoms in total. The number of amides is 2. The van der Waals surface area contributed by atoms with E-state index in [1.54, 1.807) is 42.5 Å². The van der Waals surface area contributed by atoms with Crippen LogP contribution in [-0.2, 0) is 9.59 Å². The molecule has 9 heteroatoms. The number of hydrazone groups is 1. The maximum absolute atomic E-state index is 12.5. The fourth-order valence-corrected chi connectivity index (χ4v) is 3.64. The fourth-order valence-electron chi connectivity index (χ4n) is 3.64. The molecule has 0 aromatic heterocycles. The molecule has 212 valence electrons. The van der Waals surface area contributed by atoms with Crippen LogP contribution in [-0.4, -0.2) is 44.3 Å². The Hall–Kier alpha value is -3.88. The Morgan fingerprint density at radius 1 is 0.846 bits per heavy atom. The molecule has 0 radical (unpaired) electrons. The third-order valence-electron chi connectivity index (χ3n) is 5.81. The Labute approximate surface area is 231 Å². The number of esters is 1. The summed E-state index contributed by atoms with van der Waals surface area (Å²) in [4.78, 5) is 36.5. The minimum Gasteiger partial charge on any atom is -0.494 e. The maximum Gasteiger partial charge on any atom is 0.343 e. The number of benzene rings is 2. The van der Waals surface area contributed by atoms with Gasteiger partial charge in [0, 0.05) is 6.42 Å². The molecule has 0 aliphatic rings. The van der Waals surface area contributed by atoms with Gasteiger partial charge in [0.1, 0.15) is 5.75 Å². The number of methoxy groups -OCH3 is 1. The molecule has 0 saturated carbocycles. The topological polar surface area (TPSA) is 115 Å². The van der Waals surface area contributed by atoms with Crippen LogP contribution in [0, 0.1) is 0 Å². The van der Waals surface area contributed by atoms with Gasteiger partial charge in [-0.15, -0.1) is 0 Å². The molecule has 0 bridgehead atoms. The molecule has 0 unspecified atom stereocenters. The third kappa shape index (κ3) is 12.5. The van der Waals surface area contributed by atoms with Crippen molar-refractivity contribution in [2.75, 3.05) is 20.3 Å². The number of hydrogen-bond acceptors (Lipinski definition) is 7. The smallest absolute Gasteiger partial charge is 0.343 e. The molecule has 2 aromatic rings. The molecule has 0 saturated heterocycles. The molecule has 2 rings (SSSR count). The first-order chi connectivity index (χ1) is 19.0. The zero-order valence-corrected chi connectivity index (χ0v) is 23.3. The summed E-state index contributed by atoms with van der Waals surface area (Å²) in [6.07, 6.45) is 10.7. The second kappa shape index (κ2) is 18.4. The Balaban J connectivity index is 1.76. The zero-order chi connectivity index (χ0) is 28.3. The number of nitrogens with one attached hydrogen (secondary N) is 2. The number of ether oxygens (including phenoxy) is 3. The average molecular weight is 540 g/mol. The highest BCUT2D eigenvalue weighted by molar-refractivity contribution is 5.92. The first kappa shape index (κ1) is 31.3. The van der Waals surface area contributed by atoms with Crippen molar-refractivity contribution in [1.82, 2.24) is 10.7 Å². The Morgan fingerprint density at radius 2 is 1.56 bits per heavy atom. The van der Waals surface area contributed by atoms with Crippen molar-refractivity contribution in [3.05, 3.63) is 53.6 Å². The van der Waals surface area contributed by atoms with Crippen molar-refractivity contribution in [3.63, 3.8) is 0 Å². The molecule has 0 spiro atoms. The molecular formula is C30H41N3O6. The summed E-state index contributed by atoms with van der Waals surface area (Å²) in [5.41, 5.74) is 3.38. The normalized spacial score (nSPS) is 10.7. The number of carbonyl (C=O) groups is 3. The van der Waals surface area contributed by atoms with Crippen LogP contribution >= 0.6 is 0 Å². The van der Waals surface area contributed by atoms with Crippen molar-refractivity contribution in [2.24, 2.45) is 5.10 Å². The van der Waals surface area contributed by atoms with E-state index in [1.165, 1.54) is 39.0 Å². The van der Waals surface area contributed by atoms with Gasteiger partial charge < -0.3 is 19.5 Å². The second-order valence-electron chi connectivity index (χ2n) is 9.11. The molecular weight excluding hydrogens is 498 g/mol. The number of unbranched alkanes of at least 4 members (excludes halogenated alkanes) is 6. The van der Waals surface area contributed by atoms with Crippen LogP contribution in [0.2, 0.25) is 0 Å². The molecule has 39 heavy (non-hydrogen) atoms. The summed E-state index contributed by atoms with van der Waals surface area (Å²) < 4.78 is 16.4. The zero-order valence-electron chi connectivity index (χ0n) is 23.3. The van der Waals surface area contributed by atoms with Crippen LogP contribution in [0.1, 0.15) is 87.6 Å². The van der Waals surface area contributed by atoms with Gasteiger partial charge in [-0.25, -0.2) is 10.2 Å². The van der Waals surface area contributed by atoms with E-state index in [9.17, 15) is 14.4 Å². The number of nitrogens with zero attached hydrogens (tertiary/aromatic N) is 1. The van der Waals surface area contributed by atoms with Crippen molar-refractivity contribution in [3.8, 4) is 17.2 Å². The first-order valence-electron chi connectivity index (χ1n) is 13.7. The molecule has 2 aromatic carbocycles. The van der Waals surface area contributed by atoms with Gasteiger partial charge in [-0.05, 0) is 60.9 Å². The van der Waals surface area contributed by atoms with Gasteiger partial charge in [-0.3, -0.25) is 9.59 Å². The highest BCUT2D eigenvalue weighted by Crippen LogP contribution is 2.28. The third-order valence-corrected chi connectivity index (χ3v) is 5.81. The summed E-state index contributed by atoms with van der Waals surface area (Å²) in [6.45, 7) is 4.67. The van der Waals surface area contributed by atoms with E-state index < -0.39 is 11.9 Å². The molecule has 2 amide bonds. The Morgan fingerprint density at radius 3 is 2.26 bits per heavy atom. The number of hydrogen-bond donors (Lipinski definition) is 2. The summed E-state index contributed by atoms with van der Waals surface area (Å²) in [5, 5.41) is 6.53. The Bertz CT molecular complexity index is 1070. The van der Waals surface area contributed by atoms with Gasteiger partial charge >= 0.3 is 5.97 Å². The van der Waals surface area contributed by atoms with Crippen molar-refractivity contribution < 1.29 is 28.6 Å². The summed E-state index contributed by atoms with van der Waals surface area (Å²) in [7, 11) is 1.46. The monoisotopic (exact) mass is 539 g/mol. The number of rotatable bonds is 18. The fraction of sp³-hybridized carbons (Fsp3) is 0.467. The lowest BCUT2D eigenvalue weighted by atomic mass is 10.1. The number of carbonyl (C=O) groups excluding carboxylic acids is 3. The van der Waals surface area contributed by atoms with E-state index in [0.717, 1.165) is 25.7 Å². The van der Waals surface area contributed by atoms with Crippen molar-refractivity contribution in [2.45, 2.75) is 71.6 Å². The second-order valence-corrected chi connectivity index (χ2v) is 9.11. The highest BCUT2D eigenvalue weighted by atomic mass is 16.6. The van der Waals surface area contributed by atoms with E-state index in [-0.39, 0.29) is 18.2 Å². The van der Waals surface area contributed by atoms with E-state index in [2.05, 4.69) is 22.8 Å². The van der Waals surface area contributed by atoms with Gasteiger partial charge in [-0.1, -0.05) is 52.4 Å². The minimum atomic E-state index is -0.530.